The highest BCUT2D eigenvalue weighted by Gasteiger charge is 2.69. The normalized spacial score (nSPS) is 36.9. The summed E-state index contributed by atoms with van der Waals surface area (Å²) in [5.74, 6) is 0.577. The topological polar surface area (TPSA) is 43.1 Å². The van der Waals surface area contributed by atoms with E-state index in [1.165, 1.54) is 19.3 Å². The molecule has 17 heavy (non-hydrogen) atoms. The summed E-state index contributed by atoms with van der Waals surface area (Å²) in [6, 6.07) is 0. The van der Waals surface area contributed by atoms with Gasteiger partial charge in [-0.05, 0) is 29.6 Å². The number of carbonyl (C=O) groups is 1. The molecular formula is C15H29NO. The Kier molecular flexibility index (Phi) is 3.67. The number of primary amides is 1. The molecule has 2 N–H and O–H groups in total. The smallest absolute Gasteiger partial charge is 0.223 e. The standard InChI is InChI=1S/C15H29NO/c1-7-9-14(5)11(8-2)15(14,6)10-13(3,4)12(16)17/h11H,7-10H2,1-6H3,(H2,16,17). The second-order valence-corrected chi connectivity index (χ2v) is 6.97. The summed E-state index contributed by atoms with van der Waals surface area (Å²) in [6.07, 6.45) is 4.61. The zero-order valence-electron chi connectivity index (χ0n) is 12.4. The van der Waals surface area contributed by atoms with Gasteiger partial charge in [0.05, 0.1) is 0 Å². The Bertz CT molecular complexity index is 310. The fourth-order valence-electron chi connectivity index (χ4n) is 4.28. The maximum atomic E-state index is 11.5. The van der Waals surface area contributed by atoms with Crippen molar-refractivity contribution in [3.63, 3.8) is 0 Å². The van der Waals surface area contributed by atoms with Crippen LogP contribution in [0.3, 0.4) is 0 Å². The molecule has 0 aromatic carbocycles. The minimum Gasteiger partial charge on any atom is -0.369 e. The number of hydrogen-bond donors (Lipinski definition) is 1. The molecule has 3 unspecified atom stereocenters. The molecule has 0 aromatic heterocycles. The fourth-order valence-corrected chi connectivity index (χ4v) is 4.28. The molecule has 0 saturated heterocycles. The average Bonchev–Trinajstić information content (AvgIpc) is 2.60. The van der Waals surface area contributed by atoms with Crippen LogP contribution in [0.15, 0.2) is 0 Å². The van der Waals surface area contributed by atoms with Crippen LogP contribution in [0, 0.1) is 22.2 Å². The van der Waals surface area contributed by atoms with Gasteiger partial charge in [0.2, 0.25) is 5.91 Å². The highest BCUT2D eigenvalue weighted by Crippen LogP contribution is 2.75. The molecule has 1 aliphatic carbocycles. The molecule has 0 radical (unpaired) electrons. The van der Waals surface area contributed by atoms with E-state index in [0.717, 1.165) is 12.3 Å². The molecule has 1 aliphatic rings. The molecule has 100 valence electrons. The van der Waals surface area contributed by atoms with Crippen LogP contribution in [0.5, 0.6) is 0 Å². The number of carbonyl (C=O) groups excluding carboxylic acids is 1. The molecule has 1 rings (SSSR count). The molecular weight excluding hydrogens is 210 g/mol. The summed E-state index contributed by atoms with van der Waals surface area (Å²) in [4.78, 5) is 11.5. The van der Waals surface area contributed by atoms with E-state index in [1.54, 1.807) is 0 Å². The third kappa shape index (κ3) is 2.11. The van der Waals surface area contributed by atoms with Crippen molar-refractivity contribution in [2.75, 3.05) is 0 Å². The van der Waals surface area contributed by atoms with Crippen molar-refractivity contribution in [2.45, 2.75) is 67.2 Å². The summed E-state index contributed by atoms with van der Waals surface area (Å²) in [7, 11) is 0. The Hall–Kier alpha value is -0.530. The zero-order chi connectivity index (χ0) is 13.5. The molecule has 2 nitrogen and oxygen atoms in total. The molecule has 0 aromatic rings. The monoisotopic (exact) mass is 239 g/mol. The van der Waals surface area contributed by atoms with Crippen molar-refractivity contribution in [2.24, 2.45) is 27.9 Å². The van der Waals surface area contributed by atoms with E-state index in [2.05, 4.69) is 27.7 Å². The maximum Gasteiger partial charge on any atom is 0.223 e. The van der Waals surface area contributed by atoms with Crippen LogP contribution in [0.1, 0.15) is 67.2 Å². The van der Waals surface area contributed by atoms with Crippen molar-refractivity contribution in [1.82, 2.24) is 0 Å². The Labute approximate surface area is 106 Å². The predicted molar refractivity (Wildman–Crippen MR) is 72.5 cm³/mol. The molecule has 2 heteroatoms. The summed E-state index contributed by atoms with van der Waals surface area (Å²) >= 11 is 0. The largest absolute Gasteiger partial charge is 0.369 e. The van der Waals surface area contributed by atoms with Gasteiger partial charge in [-0.1, -0.05) is 54.4 Å². The van der Waals surface area contributed by atoms with Crippen LogP contribution in [0.25, 0.3) is 0 Å². The zero-order valence-corrected chi connectivity index (χ0v) is 12.4. The van der Waals surface area contributed by atoms with Gasteiger partial charge < -0.3 is 5.73 Å². The lowest BCUT2D eigenvalue weighted by Gasteiger charge is -2.28. The highest BCUT2D eigenvalue weighted by atomic mass is 16.1. The van der Waals surface area contributed by atoms with Gasteiger partial charge in [-0.25, -0.2) is 0 Å². The van der Waals surface area contributed by atoms with Crippen molar-refractivity contribution < 1.29 is 4.79 Å². The molecule has 0 aliphatic heterocycles. The lowest BCUT2D eigenvalue weighted by molar-refractivity contribution is -0.127. The molecule has 1 saturated carbocycles. The van der Waals surface area contributed by atoms with E-state index in [4.69, 9.17) is 5.73 Å². The lowest BCUT2D eigenvalue weighted by atomic mass is 9.76. The van der Waals surface area contributed by atoms with Crippen LogP contribution < -0.4 is 5.73 Å². The first-order chi connectivity index (χ1) is 7.65. The highest BCUT2D eigenvalue weighted by molar-refractivity contribution is 5.80. The molecule has 1 amide bonds. The quantitative estimate of drug-likeness (QED) is 0.754. The van der Waals surface area contributed by atoms with Crippen LogP contribution in [0.2, 0.25) is 0 Å². The molecule has 0 bridgehead atoms. The van der Waals surface area contributed by atoms with Crippen molar-refractivity contribution in [3.05, 3.63) is 0 Å². The van der Waals surface area contributed by atoms with Gasteiger partial charge in [0.15, 0.2) is 0 Å². The molecule has 3 atom stereocenters. The van der Waals surface area contributed by atoms with Gasteiger partial charge in [0, 0.05) is 5.41 Å². The second-order valence-electron chi connectivity index (χ2n) is 6.97. The Morgan fingerprint density at radius 2 is 1.76 bits per heavy atom. The molecule has 0 spiro atoms. The van der Waals surface area contributed by atoms with Crippen molar-refractivity contribution >= 4 is 5.91 Å². The van der Waals surface area contributed by atoms with Gasteiger partial charge in [0.25, 0.3) is 0 Å². The summed E-state index contributed by atoms with van der Waals surface area (Å²) < 4.78 is 0. The third-order valence-electron chi connectivity index (χ3n) is 5.41. The van der Waals surface area contributed by atoms with Crippen molar-refractivity contribution in [3.8, 4) is 0 Å². The van der Waals surface area contributed by atoms with E-state index in [9.17, 15) is 4.79 Å². The van der Waals surface area contributed by atoms with Crippen LogP contribution >= 0.6 is 0 Å². The van der Waals surface area contributed by atoms with Crippen LogP contribution in [0.4, 0.5) is 0 Å². The van der Waals surface area contributed by atoms with Gasteiger partial charge >= 0.3 is 0 Å². The van der Waals surface area contributed by atoms with E-state index in [0.29, 0.717) is 5.41 Å². The number of amides is 1. The predicted octanol–water partition coefficient (Wildman–Crippen LogP) is 3.74. The minimum atomic E-state index is -0.381. The number of hydrogen-bond acceptors (Lipinski definition) is 1. The Morgan fingerprint density at radius 1 is 1.24 bits per heavy atom. The van der Waals surface area contributed by atoms with Gasteiger partial charge in [-0.3, -0.25) is 4.79 Å². The molecule has 1 fully saturated rings. The van der Waals surface area contributed by atoms with E-state index in [1.807, 2.05) is 13.8 Å². The van der Waals surface area contributed by atoms with E-state index in [-0.39, 0.29) is 16.7 Å². The summed E-state index contributed by atoms with van der Waals surface area (Å²) in [5.41, 5.74) is 5.83. The van der Waals surface area contributed by atoms with Gasteiger partial charge in [0.1, 0.15) is 0 Å². The Morgan fingerprint density at radius 3 is 2.12 bits per heavy atom. The lowest BCUT2D eigenvalue weighted by Crippen LogP contribution is -2.34. The van der Waals surface area contributed by atoms with Crippen LogP contribution in [-0.2, 0) is 4.79 Å². The fraction of sp³-hybridized carbons (Fsp3) is 0.933. The molecule has 0 heterocycles. The number of nitrogens with two attached hydrogens (primary N) is 1. The van der Waals surface area contributed by atoms with Gasteiger partial charge in [-0.15, -0.1) is 0 Å². The first-order valence-corrected chi connectivity index (χ1v) is 6.95. The van der Waals surface area contributed by atoms with Gasteiger partial charge in [-0.2, -0.15) is 0 Å². The van der Waals surface area contributed by atoms with Crippen molar-refractivity contribution in [1.29, 1.82) is 0 Å². The van der Waals surface area contributed by atoms with Crippen LogP contribution in [-0.4, -0.2) is 5.91 Å². The third-order valence-corrected chi connectivity index (χ3v) is 5.41. The maximum absolute atomic E-state index is 11.5. The first kappa shape index (κ1) is 14.5. The number of rotatable bonds is 6. The minimum absolute atomic E-state index is 0.167. The van der Waals surface area contributed by atoms with E-state index < -0.39 is 0 Å². The summed E-state index contributed by atoms with van der Waals surface area (Å²) in [6.45, 7) is 13.2. The average molecular weight is 239 g/mol. The first-order valence-electron chi connectivity index (χ1n) is 6.95. The Balaban J connectivity index is 2.87. The summed E-state index contributed by atoms with van der Waals surface area (Å²) in [5, 5.41) is 0. The van der Waals surface area contributed by atoms with E-state index >= 15 is 0 Å². The SMILES string of the molecule is CCCC1(C)C(CC)C1(C)CC(C)(C)C(N)=O. The second kappa shape index (κ2) is 4.29.